The Labute approximate surface area is 129 Å². The van der Waals surface area contributed by atoms with Gasteiger partial charge in [0.2, 0.25) is 0 Å². The smallest absolute Gasteiger partial charge is 0.254 e. The number of pyridine rings is 1. The molecule has 0 bridgehead atoms. The molecule has 3 nitrogen and oxygen atoms in total. The second-order valence-corrected chi connectivity index (χ2v) is 5.55. The largest absolute Gasteiger partial charge is 0.348 e. The average Bonchev–Trinajstić information content (AvgIpc) is 2.39. The second kappa shape index (κ2) is 6.33. The number of hydrogen-bond donors (Lipinski definition) is 1. The summed E-state index contributed by atoms with van der Waals surface area (Å²) in [5.41, 5.74) is 1.39. The third-order valence-corrected chi connectivity index (χ3v) is 3.49. The van der Waals surface area contributed by atoms with E-state index < -0.39 is 0 Å². The van der Waals surface area contributed by atoms with E-state index in [0.717, 1.165) is 10.2 Å². The Hall–Kier alpha value is -1.46. The van der Waals surface area contributed by atoms with Gasteiger partial charge in [-0.25, -0.2) is 4.39 Å². The van der Waals surface area contributed by atoms with E-state index in [-0.39, 0.29) is 23.8 Å². The quantitative estimate of drug-likeness (QED) is 0.906. The van der Waals surface area contributed by atoms with E-state index in [9.17, 15) is 9.18 Å². The number of nitrogens with one attached hydrogen (secondary N) is 1. The van der Waals surface area contributed by atoms with Crippen LogP contribution in [0.5, 0.6) is 0 Å². The molecule has 0 spiro atoms. The van der Waals surface area contributed by atoms with E-state index in [1.54, 1.807) is 25.1 Å². The molecule has 6 heteroatoms. The third-order valence-electron chi connectivity index (χ3n) is 2.68. The Bertz CT molecular complexity index is 664. The number of aromatic nitrogens is 1. The van der Waals surface area contributed by atoms with E-state index in [4.69, 9.17) is 11.6 Å². The standard InChI is InChI=1S/C14H11BrClFN2O/c1-8-4-12(16)11(7-18-8)14(20)19-6-9-5-10(15)2-3-13(9)17/h2-5,7H,6H2,1H3,(H,19,20). The maximum Gasteiger partial charge on any atom is 0.254 e. The first kappa shape index (κ1) is 14.9. The number of carbonyl (C=O) groups is 1. The molecular formula is C14H11BrClFN2O. The second-order valence-electron chi connectivity index (χ2n) is 4.22. The van der Waals surface area contributed by atoms with Crippen molar-refractivity contribution in [1.29, 1.82) is 0 Å². The van der Waals surface area contributed by atoms with Gasteiger partial charge in [0.25, 0.3) is 5.91 Å². The summed E-state index contributed by atoms with van der Waals surface area (Å²) < 4.78 is 14.3. The molecule has 2 aromatic rings. The fraction of sp³-hybridized carbons (Fsp3) is 0.143. The lowest BCUT2D eigenvalue weighted by Crippen LogP contribution is -2.24. The van der Waals surface area contributed by atoms with Crippen molar-refractivity contribution in [2.45, 2.75) is 13.5 Å². The SMILES string of the molecule is Cc1cc(Cl)c(C(=O)NCc2cc(Br)ccc2F)cn1. The highest BCUT2D eigenvalue weighted by atomic mass is 79.9. The Kier molecular flexibility index (Phi) is 4.73. The lowest BCUT2D eigenvalue weighted by atomic mass is 10.2. The predicted octanol–water partition coefficient (Wildman–Crippen LogP) is 3.88. The first-order valence-corrected chi connectivity index (χ1v) is 6.99. The lowest BCUT2D eigenvalue weighted by molar-refractivity contribution is 0.0950. The van der Waals surface area contributed by atoms with Crippen molar-refractivity contribution in [3.8, 4) is 0 Å². The number of rotatable bonds is 3. The highest BCUT2D eigenvalue weighted by molar-refractivity contribution is 9.10. The van der Waals surface area contributed by atoms with Crippen molar-refractivity contribution < 1.29 is 9.18 Å². The maximum absolute atomic E-state index is 13.5. The van der Waals surface area contributed by atoms with Gasteiger partial charge >= 0.3 is 0 Å². The molecule has 104 valence electrons. The Morgan fingerprint density at radius 1 is 1.45 bits per heavy atom. The monoisotopic (exact) mass is 356 g/mol. The van der Waals surface area contributed by atoms with Crippen LogP contribution in [0.25, 0.3) is 0 Å². The Balaban J connectivity index is 2.10. The van der Waals surface area contributed by atoms with Gasteiger partial charge in [0.15, 0.2) is 0 Å². The molecule has 1 amide bonds. The highest BCUT2D eigenvalue weighted by Crippen LogP contribution is 2.17. The molecule has 2 rings (SSSR count). The number of halogens is 3. The van der Waals surface area contributed by atoms with Gasteiger partial charge in [-0.15, -0.1) is 0 Å². The number of aryl methyl sites for hydroxylation is 1. The molecule has 0 radical (unpaired) electrons. The highest BCUT2D eigenvalue weighted by Gasteiger charge is 2.12. The Morgan fingerprint density at radius 3 is 2.90 bits per heavy atom. The van der Waals surface area contributed by atoms with Gasteiger partial charge in [0.1, 0.15) is 5.82 Å². The molecule has 0 unspecified atom stereocenters. The van der Waals surface area contributed by atoms with Gasteiger partial charge in [0.05, 0.1) is 10.6 Å². The third kappa shape index (κ3) is 3.55. The number of carbonyl (C=O) groups excluding carboxylic acids is 1. The molecule has 1 aromatic carbocycles. The maximum atomic E-state index is 13.5. The summed E-state index contributed by atoms with van der Waals surface area (Å²) in [6, 6.07) is 6.16. The zero-order valence-corrected chi connectivity index (χ0v) is 12.9. The molecule has 0 aliphatic rings. The molecule has 0 saturated carbocycles. The van der Waals surface area contributed by atoms with Gasteiger partial charge in [0, 0.05) is 28.5 Å². The fourth-order valence-electron chi connectivity index (χ4n) is 1.64. The van der Waals surface area contributed by atoms with E-state index in [0.29, 0.717) is 10.6 Å². The van der Waals surface area contributed by atoms with E-state index in [1.807, 2.05) is 0 Å². The van der Waals surface area contributed by atoms with Crippen LogP contribution in [0.4, 0.5) is 4.39 Å². The molecule has 0 atom stereocenters. The van der Waals surface area contributed by atoms with Gasteiger partial charge in [-0.1, -0.05) is 27.5 Å². The number of amides is 1. The molecule has 20 heavy (non-hydrogen) atoms. The molecule has 1 aromatic heterocycles. The van der Waals surface area contributed by atoms with Crippen molar-refractivity contribution >= 4 is 33.4 Å². The number of hydrogen-bond acceptors (Lipinski definition) is 2. The van der Waals surface area contributed by atoms with Crippen molar-refractivity contribution in [2.75, 3.05) is 0 Å². The molecule has 0 aliphatic carbocycles. The first-order chi connectivity index (χ1) is 9.47. The molecule has 0 saturated heterocycles. The van der Waals surface area contributed by atoms with Crippen LogP contribution >= 0.6 is 27.5 Å². The molecule has 0 aliphatic heterocycles. The molecule has 1 heterocycles. The summed E-state index contributed by atoms with van der Waals surface area (Å²) in [7, 11) is 0. The summed E-state index contributed by atoms with van der Waals surface area (Å²) in [6.45, 7) is 1.86. The lowest BCUT2D eigenvalue weighted by Gasteiger charge is -2.08. The first-order valence-electron chi connectivity index (χ1n) is 5.81. The molecular weight excluding hydrogens is 347 g/mol. The zero-order chi connectivity index (χ0) is 14.7. The van der Waals surface area contributed by atoms with Crippen molar-refractivity contribution in [2.24, 2.45) is 0 Å². The summed E-state index contributed by atoms with van der Waals surface area (Å²) in [6.07, 6.45) is 1.41. The zero-order valence-electron chi connectivity index (χ0n) is 10.6. The van der Waals surface area contributed by atoms with Crippen molar-refractivity contribution in [3.63, 3.8) is 0 Å². The van der Waals surface area contributed by atoms with E-state index in [2.05, 4.69) is 26.2 Å². The minimum absolute atomic E-state index is 0.0777. The normalized spacial score (nSPS) is 10.4. The molecule has 1 N–H and O–H groups in total. The van der Waals surface area contributed by atoms with Crippen LogP contribution in [0.15, 0.2) is 34.9 Å². The van der Waals surface area contributed by atoms with Crippen LogP contribution in [0, 0.1) is 12.7 Å². The minimum atomic E-state index is -0.387. The van der Waals surface area contributed by atoms with Gasteiger partial charge in [-0.3, -0.25) is 9.78 Å². The van der Waals surface area contributed by atoms with Crippen LogP contribution in [-0.4, -0.2) is 10.9 Å². The summed E-state index contributed by atoms with van der Waals surface area (Å²) in [5.74, 6) is -0.761. The predicted molar refractivity (Wildman–Crippen MR) is 79.3 cm³/mol. The van der Waals surface area contributed by atoms with Crippen LogP contribution in [-0.2, 0) is 6.54 Å². The number of benzene rings is 1. The van der Waals surface area contributed by atoms with Crippen molar-refractivity contribution in [3.05, 3.63) is 62.6 Å². The molecule has 0 fully saturated rings. The number of nitrogens with zero attached hydrogens (tertiary/aromatic N) is 1. The van der Waals surface area contributed by atoms with Crippen LogP contribution in [0.3, 0.4) is 0 Å². The van der Waals surface area contributed by atoms with E-state index >= 15 is 0 Å². The summed E-state index contributed by atoms with van der Waals surface area (Å²) in [5, 5.41) is 2.94. The van der Waals surface area contributed by atoms with Crippen LogP contribution < -0.4 is 5.32 Å². The van der Waals surface area contributed by atoms with Gasteiger partial charge in [-0.2, -0.15) is 0 Å². The minimum Gasteiger partial charge on any atom is -0.348 e. The van der Waals surface area contributed by atoms with Gasteiger partial charge in [-0.05, 0) is 31.2 Å². The summed E-state index contributed by atoms with van der Waals surface area (Å²) >= 11 is 9.24. The topological polar surface area (TPSA) is 42.0 Å². The van der Waals surface area contributed by atoms with Crippen LogP contribution in [0.2, 0.25) is 5.02 Å². The fourth-order valence-corrected chi connectivity index (χ4v) is 2.34. The van der Waals surface area contributed by atoms with Crippen LogP contribution in [0.1, 0.15) is 21.6 Å². The summed E-state index contributed by atoms with van der Waals surface area (Å²) in [4.78, 5) is 16.0. The van der Waals surface area contributed by atoms with E-state index in [1.165, 1.54) is 12.3 Å². The average molecular weight is 358 g/mol. The van der Waals surface area contributed by atoms with Gasteiger partial charge < -0.3 is 5.32 Å². The van der Waals surface area contributed by atoms with Crippen molar-refractivity contribution in [1.82, 2.24) is 10.3 Å². The Morgan fingerprint density at radius 2 is 2.20 bits per heavy atom.